The topological polar surface area (TPSA) is 55.0 Å². The second kappa shape index (κ2) is 4.92. The van der Waals surface area contributed by atoms with E-state index in [1.807, 2.05) is 6.07 Å². The van der Waals surface area contributed by atoms with Crippen molar-refractivity contribution in [2.45, 2.75) is 44.6 Å². The fourth-order valence-corrected chi connectivity index (χ4v) is 3.66. The molecule has 0 unspecified atom stereocenters. The van der Waals surface area contributed by atoms with Crippen molar-refractivity contribution in [3.63, 3.8) is 0 Å². The van der Waals surface area contributed by atoms with Crippen LogP contribution in [0.4, 0.5) is 11.8 Å². The fraction of sp³-hybridized carbons (Fsp3) is 0.692. The minimum absolute atomic E-state index is 0.274. The molecule has 3 rings (SSSR count). The van der Waals surface area contributed by atoms with Gasteiger partial charge in [0.2, 0.25) is 5.95 Å². The highest BCUT2D eigenvalue weighted by atomic mass is 35.5. The van der Waals surface area contributed by atoms with Crippen LogP contribution < -0.4 is 10.6 Å². The number of nitrogens with zero attached hydrogens (tertiary/aromatic N) is 3. The van der Waals surface area contributed by atoms with E-state index in [2.05, 4.69) is 14.9 Å². The van der Waals surface area contributed by atoms with Gasteiger partial charge in [-0.25, -0.2) is 4.98 Å². The van der Waals surface area contributed by atoms with E-state index in [9.17, 15) is 0 Å². The first-order chi connectivity index (χ1) is 8.74. The molecule has 2 N–H and O–H groups in total. The number of fused-ring (bicyclic) bond motifs is 1. The molecule has 1 saturated carbocycles. The molecule has 2 atom stereocenters. The standard InChI is InChI=1S/C13H19ClN4/c14-11-8-12(17-13(15)16-11)18-7-3-5-9-4-1-2-6-10(9)18/h8-10H,1-7H2,(H2,15,16,17)/t9-,10-/m1/s1. The Balaban J connectivity index is 1.89. The van der Waals surface area contributed by atoms with Gasteiger partial charge in [0, 0.05) is 18.7 Å². The SMILES string of the molecule is Nc1nc(Cl)cc(N2CCC[C@H]3CCCC[C@H]32)n1. The van der Waals surface area contributed by atoms with Crippen LogP contribution in [0, 0.1) is 5.92 Å². The number of piperidine rings is 1. The zero-order valence-corrected chi connectivity index (χ0v) is 11.2. The molecule has 2 fully saturated rings. The van der Waals surface area contributed by atoms with Gasteiger partial charge in [-0.1, -0.05) is 24.4 Å². The third kappa shape index (κ3) is 2.26. The lowest BCUT2D eigenvalue weighted by molar-refractivity contribution is 0.243. The molecule has 0 amide bonds. The van der Waals surface area contributed by atoms with E-state index < -0.39 is 0 Å². The minimum Gasteiger partial charge on any atom is -0.368 e. The highest BCUT2D eigenvalue weighted by molar-refractivity contribution is 6.29. The number of nitrogens with two attached hydrogens (primary N) is 1. The number of aromatic nitrogens is 2. The van der Waals surface area contributed by atoms with Crippen molar-refractivity contribution in [1.82, 2.24) is 9.97 Å². The summed E-state index contributed by atoms with van der Waals surface area (Å²) < 4.78 is 0. The van der Waals surface area contributed by atoms with Crippen LogP contribution in [0.5, 0.6) is 0 Å². The lowest BCUT2D eigenvalue weighted by atomic mass is 9.78. The van der Waals surface area contributed by atoms with Crippen molar-refractivity contribution < 1.29 is 0 Å². The van der Waals surface area contributed by atoms with Crippen LogP contribution in [-0.2, 0) is 0 Å². The summed E-state index contributed by atoms with van der Waals surface area (Å²) in [6.45, 7) is 1.06. The zero-order valence-electron chi connectivity index (χ0n) is 10.5. The van der Waals surface area contributed by atoms with Crippen LogP contribution in [0.25, 0.3) is 0 Å². The van der Waals surface area contributed by atoms with Gasteiger partial charge in [-0.3, -0.25) is 0 Å². The minimum atomic E-state index is 0.274. The molecule has 98 valence electrons. The van der Waals surface area contributed by atoms with Crippen LogP contribution in [0.1, 0.15) is 38.5 Å². The Labute approximate surface area is 113 Å². The normalized spacial score (nSPS) is 27.9. The Hall–Kier alpha value is -1.03. The number of hydrogen-bond acceptors (Lipinski definition) is 4. The number of halogens is 1. The van der Waals surface area contributed by atoms with E-state index in [0.29, 0.717) is 11.2 Å². The molecule has 0 aromatic carbocycles. The van der Waals surface area contributed by atoms with E-state index in [-0.39, 0.29) is 5.95 Å². The molecule has 5 heteroatoms. The van der Waals surface area contributed by atoms with Crippen molar-refractivity contribution in [1.29, 1.82) is 0 Å². The van der Waals surface area contributed by atoms with E-state index >= 15 is 0 Å². The maximum absolute atomic E-state index is 5.99. The number of rotatable bonds is 1. The Kier molecular flexibility index (Phi) is 3.29. The molecule has 1 aromatic heterocycles. The van der Waals surface area contributed by atoms with Crippen molar-refractivity contribution in [2.75, 3.05) is 17.2 Å². The summed E-state index contributed by atoms with van der Waals surface area (Å²) in [5.41, 5.74) is 5.70. The fourth-order valence-electron chi connectivity index (χ4n) is 3.48. The molecule has 1 aliphatic carbocycles. The number of anilines is 2. The highest BCUT2D eigenvalue weighted by Crippen LogP contribution is 2.37. The van der Waals surface area contributed by atoms with Gasteiger partial charge in [0.05, 0.1) is 0 Å². The smallest absolute Gasteiger partial charge is 0.223 e. The van der Waals surface area contributed by atoms with Gasteiger partial charge >= 0.3 is 0 Å². The molecule has 4 nitrogen and oxygen atoms in total. The average molecular weight is 267 g/mol. The van der Waals surface area contributed by atoms with E-state index in [0.717, 1.165) is 18.3 Å². The summed E-state index contributed by atoms with van der Waals surface area (Å²) in [7, 11) is 0. The summed E-state index contributed by atoms with van der Waals surface area (Å²) in [6.07, 6.45) is 7.92. The molecular weight excluding hydrogens is 248 g/mol. The predicted octanol–water partition coefficient (Wildman–Crippen LogP) is 2.87. The highest BCUT2D eigenvalue weighted by Gasteiger charge is 2.34. The number of nitrogen functional groups attached to an aromatic ring is 1. The van der Waals surface area contributed by atoms with Gasteiger partial charge in [-0.05, 0) is 31.6 Å². The van der Waals surface area contributed by atoms with Crippen molar-refractivity contribution in [2.24, 2.45) is 5.92 Å². The predicted molar refractivity (Wildman–Crippen MR) is 73.8 cm³/mol. The summed E-state index contributed by atoms with van der Waals surface area (Å²) >= 11 is 5.99. The van der Waals surface area contributed by atoms with Crippen LogP contribution in [0.3, 0.4) is 0 Å². The van der Waals surface area contributed by atoms with E-state index in [1.54, 1.807) is 0 Å². The zero-order chi connectivity index (χ0) is 12.5. The third-order valence-electron chi connectivity index (χ3n) is 4.24. The van der Waals surface area contributed by atoms with Crippen molar-refractivity contribution >= 4 is 23.4 Å². The first kappa shape index (κ1) is 12.0. The molecular formula is C13H19ClN4. The first-order valence-corrected chi connectivity index (χ1v) is 7.18. The Morgan fingerprint density at radius 1 is 1.17 bits per heavy atom. The second-order valence-electron chi connectivity index (χ2n) is 5.35. The summed E-state index contributed by atoms with van der Waals surface area (Å²) in [4.78, 5) is 10.7. The molecule has 0 spiro atoms. The Morgan fingerprint density at radius 2 is 1.94 bits per heavy atom. The Morgan fingerprint density at radius 3 is 2.78 bits per heavy atom. The van der Waals surface area contributed by atoms with Crippen LogP contribution in [0.2, 0.25) is 5.15 Å². The quantitative estimate of drug-likeness (QED) is 0.794. The summed E-state index contributed by atoms with van der Waals surface area (Å²) in [6, 6.07) is 2.47. The maximum atomic E-state index is 5.99. The largest absolute Gasteiger partial charge is 0.368 e. The third-order valence-corrected chi connectivity index (χ3v) is 4.43. The molecule has 18 heavy (non-hydrogen) atoms. The van der Waals surface area contributed by atoms with Crippen molar-refractivity contribution in [3.8, 4) is 0 Å². The van der Waals surface area contributed by atoms with Gasteiger partial charge in [0.15, 0.2) is 0 Å². The summed E-state index contributed by atoms with van der Waals surface area (Å²) in [5, 5.41) is 0.440. The van der Waals surface area contributed by atoms with Gasteiger partial charge in [0.25, 0.3) is 0 Å². The van der Waals surface area contributed by atoms with Crippen LogP contribution in [-0.4, -0.2) is 22.6 Å². The van der Waals surface area contributed by atoms with Gasteiger partial charge in [0.1, 0.15) is 11.0 Å². The van der Waals surface area contributed by atoms with E-state index in [1.165, 1.54) is 38.5 Å². The molecule has 2 aliphatic rings. The first-order valence-electron chi connectivity index (χ1n) is 6.81. The van der Waals surface area contributed by atoms with Crippen LogP contribution in [0.15, 0.2) is 6.07 Å². The van der Waals surface area contributed by atoms with E-state index in [4.69, 9.17) is 17.3 Å². The second-order valence-corrected chi connectivity index (χ2v) is 5.74. The average Bonchev–Trinajstić information content (AvgIpc) is 2.37. The molecule has 1 saturated heterocycles. The number of hydrogen-bond donors (Lipinski definition) is 1. The monoisotopic (exact) mass is 266 g/mol. The molecule has 2 heterocycles. The molecule has 1 aromatic rings. The molecule has 0 radical (unpaired) electrons. The van der Waals surface area contributed by atoms with Crippen molar-refractivity contribution in [3.05, 3.63) is 11.2 Å². The Bertz CT molecular complexity index is 415. The maximum Gasteiger partial charge on any atom is 0.223 e. The summed E-state index contributed by atoms with van der Waals surface area (Å²) in [5.74, 6) is 2.00. The van der Waals surface area contributed by atoms with Gasteiger partial charge in [-0.15, -0.1) is 0 Å². The molecule has 0 bridgehead atoms. The lowest BCUT2D eigenvalue weighted by Crippen LogP contribution is -2.47. The van der Waals surface area contributed by atoms with Gasteiger partial charge in [-0.2, -0.15) is 4.98 Å². The van der Waals surface area contributed by atoms with Gasteiger partial charge < -0.3 is 10.6 Å². The lowest BCUT2D eigenvalue weighted by Gasteiger charge is -2.44. The molecule has 1 aliphatic heterocycles. The van der Waals surface area contributed by atoms with Crippen LogP contribution >= 0.6 is 11.6 Å².